The fourth-order valence-electron chi connectivity index (χ4n) is 3.35. The molecule has 1 aromatic carbocycles. The van der Waals surface area contributed by atoms with Gasteiger partial charge in [0.25, 0.3) is 5.91 Å². The van der Waals surface area contributed by atoms with Gasteiger partial charge in [0, 0.05) is 5.02 Å². The van der Waals surface area contributed by atoms with Crippen LogP contribution in [0, 0.1) is 31.1 Å². The molecule has 1 aromatic heterocycles. The molecule has 3 rings (SSSR count). The summed E-state index contributed by atoms with van der Waals surface area (Å²) in [5, 5.41) is 17.0. The van der Waals surface area contributed by atoms with Gasteiger partial charge in [0.15, 0.2) is 6.61 Å². The zero-order valence-electron chi connectivity index (χ0n) is 16.7. The van der Waals surface area contributed by atoms with Gasteiger partial charge in [-0.25, -0.2) is 4.79 Å². The van der Waals surface area contributed by atoms with Crippen LogP contribution in [0.25, 0.3) is 0 Å². The highest BCUT2D eigenvalue weighted by molar-refractivity contribution is 6.31. The number of nitriles is 1. The standard InChI is InChI=1S/C21H23ClN4O3/c1-13-19(14(2)26(25-13)10-15-6-4-5-7-17(15)22)20(28)29-11-18(27)24-21(3,12-23)16-8-9-16/h4-7,16H,8-11H2,1-3H3,(H,24,27)/t21-/m1/s1. The number of nitrogens with one attached hydrogen (secondary N) is 1. The van der Waals surface area contributed by atoms with Gasteiger partial charge in [0.2, 0.25) is 0 Å². The number of hydrogen-bond donors (Lipinski definition) is 1. The second-order valence-electron chi connectivity index (χ2n) is 7.51. The van der Waals surface area contributed by atoms with Crippen LogP contribution in [0.2, 0.25) is 5.02 Å². The van der Waals surface area contributed by atoms with Gasteiger partial charge in [-0.2, -0.15) is 10.4 Å². The third-order valence-electron chi connectivity index (χ3n) is 5.22. The number of esters is 1. The Morgan fingerprint density at radius 3 is 2.69 bits per heavy atom. The largest absolute Gasteiger partial charge is 0.452 e. The Bertz CT molecular complexity index is 990. The van der Waals surface area contributed by atoms with E-state index in [1.54, 1.807) is 31.5 Å². The van der Waals surface area contributed by atoms with Crippen LogP contribution >= 0.6 is 11.6 Å². The average molecular weight is 415 g/mol. The summed E-state index contributed by atoms with van der Waals surface area (Å²) in [6.45, 7) is 5.15. The molecule has 1 amide bonds. The molecule has 1 saturated carbocycles. The summed E-state index contributed by atoms with van der Waals surface area (Å²) in [6, 6.07) is 9.57. The summed E-state index contributed by atoms with van der Waals surface area (Å²) in [6.07, 6.45) is 1.82. The molecule has 2 aromatic rings. The highest BCUT2D eigenvalue weighted by Crippen LogP contribution is 2.39. The van der Waals surface area contributed by atoms with Crippen molar-refractivity contribution < 1.29 is 14.3 Å². The number of aromatic nitrogens is 2. The van der Waals surface area contributed by atoms with Crippen LogP contribution in [-0.4, -0.2) is 33.8 Å². The molecule has 0 aliphatic heterocycles. The Morgan fingerprint density at radius 2 is 2.07 bits per heavy atom. The van der Waals surface area contributed by atoms with E-state index in [2.05, 4.69) is 16.5 Å². The molecule has 7 nitrogen and oxygen atoms in total. The number of aryl methyl sites for hydroxylation is 1. The molecule has 0 spiro atoms. The number of hydrogen-bond acceptors (Lipinski definition) is 5. The zero-order chi connectivity index (χ0) is 21.2. The van der Waals surface area contributed by atoms with Crippen molar-refractivity contribution in [2.24, 2.45) is 5.92 Å². The predicted octanol–water partition coefficient (Wildman–Crippen LogP) is 3.17. The van der Waals surface area contributed by atoms with Gasteiger partial charge in [0.1, 0.15) is 11.1 Å². The summed E-state index contributed by atoms with van der Waals surface area (Å²) < 4.78 is 6.88. The van der Waals surface area contributed by atoms with Crippen molar-refractivity contribution >= 4 is 23.5 Å². The molecular formula is C21H23ClN4O3. The van der Waals surface area contributed by atoms with Gasteiger partial charge in [0.05, 0.1) is 24.0 Å². The first-order chi connectivity index (χ1) is 13.7. The number of halogens is 1. The second kappa shape index (κ2) is 8.26. The minimum Gasteiger partial charge on any atom is -0.452 e. The number of carbonyl (C=O) groups excluding carboxylic acids is 2. The van der Waals surface area contributed by atoms with Crippen LogP contribution in [0.1, 0.15) is 47.1 Å². The van der Waals surface area contributed by atoms with Gasteiger partial charge in [-0.1, -0.05) is 29.8 Å². The lowest BCUT2D eigenvalue weighted by Gasteiger charge is -2.22. The lowest BCUT2D eigenvalue weighted by molar-refractivity contribution is -0.125. The van der Waals surface area contributed by atoms with Crippen LogP contribution in [0.3, 0.4) is 0 Å². The van der Waals surface area contributed by atoms with E-state index in [4.69, 9.17) is 16.3 Å². The summed E-state index contributed by atoms with van der Waals surface area (Å²) in [4.78, 5) is 24.7. The summed E-state index contributed by atoms with van der Waals surface area (Å²) in [7, 11) is 0. The van der Waals surface area contributed by atoms with Crippen LogP contribution in [-0.2, 0) is 16.1 Å². The molecule has 1 aliphatic rings. The summed E-state index contributed by atoms with van der Waals surface area (Å²) in [5.74, 6) is -0.960. The lowest BCUT2D eigenvalue weighted by atomic mass is 9.98. The SMILES string of the molecule is Cc1nn(Cc2ccccc2Cl)c(C)c1C(=O)OCC(=O)N[C@](C)(C#N)C1CC1. The topological polar surface area (TPSA) is 97.0 Å². The molecule has 0 unspecified atom stereocenters. The second-order valence-corrected chi connectivity index (χ2v) is 7.91. The predicted molar refractivity (Wildman–Crippen MR) is 107 cm³/mol. The van der Waals surface area contributed by atoms with E-state index in [1.807, 2.05) is 18.2 Å². The van der Waals surface area contributed by atoms with Crippen LogP contribution in [0.15, 0.2) is 24.3 Å². The summed E-state index contributed by atoms with van der Waals surface area (Å²) >= 11 is 6.21. The van der Waals surface area contributed by atoms with Crippen LogP contribution in [0.4, 0.5) is 0 Å². The first kappa shape index (κ1) is 20.9. The Labute approximate surface area is 174 Å². The van der Waals surface area contributed by atoms with E-state index in [9.17, 15) is 14.9 Å². The average Bonchev–Trinajstić information content (AvgIpc) is 3.49. The minimum atomic E-state index is -0.921. The fourth-order valence-corrected chi connectivity index (χ4v) is 3.54. The van der Waals surface area contributed by atoms with Crippen molar-refractivity contribution in [2.45, 2.75) is 45.7 Å². The third-order valence-corrected chi connectivity index (χ3v) is 5.59. The molecule has 1 aliphatic carbocycles. The number of rotatable bonds is 7. The van der Waals surface area contributed by atoms with Gasteiger partial charge in [-0.3, -0.25) is 9.48 Å². The number of amides is 1. The normalized spacial score (nSPS) is 15.3. The van der Waals surface area contributed by atoms with E-state index >= 15 is 0 Å². The van der Waals surface area contributed by atoms with E-state index in [-0.39, 0.29) is 5.92 Å². The Morgan fingerprint density at radius 1 is 1.38 bits per heavy atom. The number of benzene rings is 1. The molecule has 0 bridgehead atoms. The maximum atomic E-state index is 12.6. The summed E-state index contributed by atoms with van der Waals surface area (Å²) in [5.41, 5.74) is 1.44. The number of carbonyl (C=O) groups is 2. The molecule has 1 fully saturated rings. The fraction of sp³-hybridized carbons (Fsp3) is 0.429. The molecule has 0 saturated heterocycles. The maximum Gasteiger partial charge on any atom is 0.342 e. The molecule has 0 radical (unpaired) electrons. The first-order valence-electron chi connectivity index (χ1n) is 9.42. The molecule has 1 heterocycles. The van der Waals surface area contributed by atoms with Gasteiger partial charge < -0.3 is 10.1 Å². The Kier molecular flexibility index (Phi) is 5.94. The number of ether oxygens (including phenoxy) is 1. The van der Waals surface area contributed by atoms with E-state index < -0.39 is 24.0 Å². The maximum absolute atomic E-state index is 12.6. The van der Waals surface area contributed by atoms with Gasteiger partial charge in [-0.05, 0) is 51.2 Å². The van der Waals surface area contributed by atoms with Gasteiger partial charge in [-0.15, -0.1) is 0 Å². The quantitative estimate of drug-likeness (QED) is 0.702. The van der Waals surface area contributed by atoms with Crippen molar-refractivity contribution in [1.82, 2.24) is 15.1 Å². The molecular weight excluding hydrogens is 392 g/mol. The van der Waals surface area contributed by atoms with E-state index in [0.29, 0.717) is 28.5 Å². The molecule has 1 N–H and O–H groups in total. The Hall–Kier alpha value is -2.85. The lowest BCUT2D eigenvalue weighted by Crippen LogP contribution is -2.48. The minimum absolute atomic E-state index is 0.152. The van der Waals surface area contributed by atoms with Crippen molar-refractivity contribution in [2.75, 3.05) is 6.61 Å². The number of nitrogens with zero attached hydrogens (tertiary/aromatic N) is 3. The Balaban J connectivity index is 1.65. The third kappa shape index (κ3) is 4.60. The van der Waals surface area contributed by atoms with Crippen molar-refractivity contribution in [3.8, 4) is 6.07 Å². The van der Waals surface area contributed by atoms with Gasteiger partial charge >= 0.3 is 5.97 Å². The van der Waals surface area contributed by atoms with Crippen LogP contribution < -0.4 is 5.32 Å². The zero-order valence-corrected chi connectivity index (χ0v) is 17.4. The van der Waals surface area contributed by atoms with Crippen LogP contribution in [0.5, 0.6) is 0 Å². The highest BCUT2D eigenvalue weighted by Gasteiger charge is 2.43. The molecule has 152 valence electrons. The smallest absolute Gasteiger partial charge is 0.342 e. The molecule has 8 heteroatoms. The van der Waals surface area contributed by atoms with E-state index in [0.717, 1.165) is 18.4 Å². The van der Waals surface area contributed by atoms with E-state index in [1.165, 1.54) is 0 Å². The highest BCUT2D eigenvalue weighted by atomic mass is 35.5. The first-order valence-corrected chi connectivity index (χ1v) is 9.79. The van der Waals surface area contributed by atoms with Crippen molar-refractivity contribution in [1.29, 1.82) is 5.26 Å². The molecule has 1 atom stereocenters. The van der Waals surface area contributed by atoms with Crippen molar-refractivity contribution in [3.05, 3.63) is 51.8 Å². The molecule has 29 heavy (non-hydrogen) atoms. The van der Waals surface area contributed by atoms with Crippen molar-refractivity contribution in [3.63, 3.8) is 0 Å². The monoisotopic (exact) mass is 414 g/mol.